The highest BCUT2D eigenvalue weighted by molar-refractivity contribution is 8.01. The molecular weight excluding hydrogens is 340 g/mol. The lowest BCUT2D eigenvalue weighted by Crippen LogP contribution is -2.05. The van der Waals surface area contributed by atoms with Crippen molar-refractivity contribution >= 4 is 34.0 Å². The normalized spacial score (nSPS) is 11.0. The SMILES string of the molecule is Cc1cccc(-n2c(C)cc(C(=O)CSc3nnc(N)s3)c2C)c1. The molecule has 7 heteroatoms. The number of anilines is 1. The molecule has 5 nitrogen and oxygen atoms in total. The highest BCUT2D eigenvalue weighted by atomic mass is 32.2. The van der Waals surface area contributed by atoms with Crippen molar-refractivity contribution in [3.8, 4) is 5.69 Å². The number of nitrogens with zero attached hydrogens (tertiary/aromatic N) is 3. The van der Waals surface area contributed by atoms with Crippen molar-refractivity contribution in [1.29, 1.82) is 0 Å². The van der Waals surface area contributed by atoms with E-state index in [9.17, 15) is 4.79 Å². The van der Waals surface area contributed by atoms with Crippen molar-refractivity contribution in [3.05, 3.63) is 52.8 Å². The van der Waals surface area contributed by atoms with Crippen molar-refractivity contribution in [2.24, 2.45) is 0 Å². The topological polar surface area (TPSA) is 73.8 Å². The Kier molecular flexibility index (Phi) is 4.73. The lowest BCUT2D eigenvalue weighted by atomic mass is 10.2. The fraction of sp³-hybridized carbons (Fsp3) is 0.235. The standard InChI is InChI=1S/C17H18N4OS2/c1-10-5-4-6-13(7-10)21-11(2)8-14(12(21)3)15(22)9-23-17-20-19-16(18)24-17/h4-8H,9H2,1-3H3,(H2,18,19). The van der Waals surface area contributed by atoms with E-state index in [4.69, 9.17) is 5.73 Å². The summed E-state index contributed by atoms with van der Waals surface area (Å²) < 4.78 is 2.83. The second-order valence-electron chi connectivity index (χ2n) is 5.58. The Bertz CT molecular complexity index is 898. The summed E-state index contributed by atoms with van der Waals surface area (Å²) in [6.45, 7) is 6.06. The predicted octanol–water partition coefficient (Wildman–Crippen LogP) is 3.81. The van der Waals surface area contributed by atoms with Gasteiger partial charge < -0.3 is 10.3 Å². The van der Waals surface area contributed by atoms with Crippen LogP contribution >= 0.6 is 23.1 Å². The van der Waals surface area contributed by atoms with Gasteiger partial charge in [0, 0.05) is 22.6 Å². The van der Waals surface area contributed by atoms with E-state index in [1.165, 1.54) is 28.7 Å². The van der Waals surface area contributed by atoms with Gasteiger partial charge in [0.2, 0.25) is 5.13 Å². The number of thioether (sulfide) groups is 1. The van der Waals surface area contributed by atoms with Crippen LogP contribution in [-0.2, 0) is 0 Å². The first kappa shape index (κ1) is 16.7. The number of nitrogens with two attached hydrogens (primary N) is 1. The molecule has 0 fully saturated rings. The van der Waals surface area contributed by atoms with Gasteiger partial charge in [0.1, 0.15) is 0 Å². The van der Waals surface area contributed by atoms with Gasteiger partial charge in [0.15, 0.2) is 10.1 Å². The van der Waals surface area contributed by atoms with Gasteiger partial charge in [0.05, 0.1) is 5.75 Å². The van der Waals surface area contributed by atoms with Crippen molar-refractivity contribution in [2.45, 2.75) is 25.1 Å². The van der Waals surface area contributed by atoms with Gasteiger partial charge in [-0.3, -0.25) is 4.79 Å². The van der Waals surface area contributed by atoms with Crippen LogP contribution in [0.4, 0.5) is 5.13 Å². The maximum Gasteiger partial charge on any atom is 0.203 e. The smallest absolute Gasteiger partial charge is 0.203 e. The fourth-order valence-corrected chi connectivity index (χ4v) is 4.21. The van der Waals surface area contributed by atoms with Crippen LogP contribution in [0.15, 0.2) is 34.7 Å². The number of hydrogen-bond donors (Lipinski definition) is 1. The molecule has 0 aliphatic rings. The molecule has 0 aliphatic heterocycles. The van der Waals surface area contributed by atoms with Gasteiger partial charge in [0.25, 0.3) is 0 Å². The van der Waals surface area contributed by atoms with Gasteiger partial charge >= 0.3 is 0 Å². The number of benzene rings is 1. The Morgan fingerprint density at radius 2 is 2.04 bits per heavy atom. The summed E-state index contributed by atoms with van der Waals surface area (Å²) in [4.78, 5) is 12.6. The summed E-state index contributed by atoms with van der Waals surface area (Å²) in [6, 6.07) is 10.2. The average molecular weight is 358 g/mol. The number of nitrogen functional groups attached to an aromatic ring is 1. The van der Waals surface area contributed by atoms with E-state index in [1.807, 2.05) is 26.0 Å². The molecule has 0 saturated heterocycles. The third-order valence-electron chi connectivity index (χ3n) is 3.74. The molecule has 3 aromatic rings. The molecular formula is C17H18N4OS2. The summed E-state index contributed by atoms with van der Waals surface area (Å²) in [5, 5.41) is 8.11. The largest absolute Gasteiger partial charge is 0.374 e. The third-order valence-corrected chi connectivity index (χ3v) is 5.63. The van der Waals surface area contributed by atoms with E-state index < -0.39 is 0 Å². The number of carbonyl (C=O) groups is 1. The minimum absolute atomic E-state index is 0.0841. The summed E-state index contributed by atoms with van der Waals surface area (Å²) in [7, 11) is 0. The van der Waals surface area contributed by atoms with Crippen molar-refractivity contribution < 1.29 is 4.79 Å². The Morgan fingerprint density at radius 1 is 1.25 bits per heavy atom. The van der Waals surface area contributed by atoms with E-state index in [0.29, 0.717) is 15.2 Å². The van der Waals surface area contributed by atoms with E-state index >= 15 is 0 Å². The lowest BCUT2D eigenvalue weighted by Gasteiger charge is -2.10. The van der Waals surface area contributed by atoms with Gasteiger partial charge in [-0.2, -0.15) is 0 Å². The van der Waals surface area contributed by atoms with Crippen molar-refractivity contribution in [2.75, 3.05) is 11.5 Å². The molecule has 3 rings (SSSR count). The molecule has 0 aliphatic carbocycles. The molecule has 0 unspecified atom stereocenters. The number of ketones is 1. The maximum atomic E-state index is 12.6. The number of aromatic nitrogens is 3. The van der Waals surface area contributed by atoms with Gasteiger partial charge in [-0.25, -0.2) is 0 Å². The summed E-state index contributed by atoms with van der Waals surface area (Å²) in [5.41, 5.74) is 10.6. The highest BCUT2D eigenvalue weighted by Crippen LogP contribution is 2.26. The fourth-order valence-electron chi connectivity index (χ4n) is 2.69. The Morgan fingerprint density at radius 3 is 2.71 bits per heavy atom. The summed E-state index contributed by atoms with van der Waals surface area (Å²) in [5.74, 6) is 0.410. The maximum absolute atomic E-state index is 12.6. The highest BCUT2D eigenvalue weighted by Gasteiger charge is 2.17. The Hall–Kier alpha value is -2.12. The van der Waals surface area contributed by atoms with Crippen LogP contribution in [0.5, 0.6) is 0 Å². The van der Waals surface area contributed by atoms with Crippen LogP contribution in [0.1, 0.15) is 27.3 Å². The third kappa shape index (κ3) is 3.37. The molecule has 2 aromatic heterocycles. The predicted molar refractivity (Wildman–Crippen MR) is 99.4 cm³/mol. The summed E-state index contributed by atoms with van der Waals surface area (Å²) in [6.07, 6.45) is 0. The average Bonchev–Trinajstić information content (AvgIpc) is 3.08. The molecule has 0 radical (unpaired) electrons. The molecule has 0 saturated carbocycles. The quantitative estimate of drug-likeness (QED) is 0.554. The molecule has 0 amide bonds. The van der Waals surface area contributed by atoms with Crippen LogP contribution in [0, 0.1) is 20.8 Å². The van der Waals surface area contributed by atoms with Crippen molar-refractivity contribution in [3.63, 3.8) is 0 Å². The minimum atomic E-state index is 0.0841. The number of rotatable bonds is 5. The molecule has 124 valence electrons. The Labute approximate surface area is 148 Å². The van der Waals surface area contributed by atoms with E-state index in [2.05, 4.69) is 39.9 Å². The zero-order valence-corrected chi connectivity index (χ0v) is 15.4. The van der Waals surface area contributed by atoms with Crippen LogP contribution in [-0.4, -0.2) is 26.3 Å². The molecule has 24 heavy (non-hydrogen) atoms. The van der Waals surface area contributed by atoms with Gasteiger partial charge in [-0.05, 0) is 44.5 Å². The molecule has 2 heterocycles. The first-order chi connectivity index (χ1) is 11.5. The molecule has 0 bridgehead atoms. The second kappa shape index (κ2) is 6.78. The van der Waals surface area contributed by atoms with Gasteiger partial charge in [-0.15, -0.1) is 10.2 Å². The zero-order chi connectivity index (χ0) is 17.3. The van der Waals surface area contributed by atoms with E-state index in [1.54, 1.807) is 0 Å². The van der Waals surface area contributed by atoms with Crippen LogP contribution in [0.2, 0.25) is 0 Å². The number of hydrogen-bond acceptors (Lipinski definition) is 6. The number of carbonyl (C=O) groups excluding carboxylic acids is 1. The van der Waals surface area contributed by atoms with Gasteiger partial charge in [-0.1, -0.05) is 35.2 Å². The first-order valence-corrected chi connectivity index (χ1v) is 9.27. The molecule has 1 aromatic carbocycles. The first-order valence-electron chi connectivity index (χ1n) is 7.46. The van der Waals surface area contributed by atoms with Crippen molar-refractivity contribution in [1.82, 2.24) is 14.8 Å². The number of aryl methyl sites for hydroxylation is 2. The zero-order valence-electron chi connectivity index (χ0n) is 13.7. The molecule has 2 N–H and O–H groups in total. The van der Waals surface area contributed by atoms with Crippen LogP contribution in [0.3, 0.4) is 0 Å². The van der Waals surface area contributed by atoms with Crippen LogP contribution < -0.4 is 5.73 Å². The van der Waals surface area contributed by atoms with E-state index in [-0.39, 0.29) is 5.78 Å². The Balaban J connectivity index is 1.84. The molecule has 0 atom stereocenters. The lowest BCUT2D eigenvalue weighted by molar-refractivity contribution is 0.102. The molecule has 0 spiro atoms. The monoisotopic (exact) mass is 358 g/mol. The van der Waals surface area contributed by atoms with E-state index in [0.717, 1.165) is 22.6 Å². The second-order valence-corrected chi connectivity index (χ2v) is 7.81. The van der Waals surface area contributed by atoms with Crippen LogP contribution in [0.25, 0.3) is 5.69 Å². The number of Topliss-reactive ketones (excluding diaryl/α,β-unsaturated/α-hetero) is 1. The minimum Gasteiger partial charge on any atom is -0.374 e. The summed E-state index contributed by atoms with van der Waals surface area (Å²) >= 11 is 2.67.